The van der Waals surface area contributed by atoms with E-state index in [1.165, 1.54) is 12.1 Å². The van der Waals surface area contributed by atoms with Gasteiger partial charge in [0.05, 0.1) is 22.9 Å². The lowest BCUT2D eigenvalue weighted by molar-refractivity contribution is 0.0696. The third kappa shape index (κ3) is 2.59. The molecule has 0 atom stereocenters. The number of H-pyrrole nitrogens is 1. The van der Waals surface area contributed by atoms with E-state index in [0.29, 0.717) is 11.3 Å². The number of rotatable bonds is 3. The molecule has 2 aromatic carbocycles. The first-order valence-electron chi connectivity index (χ1n) is 6.21. The van der Waals surface area contributed by atoms with Crippen molar-refractivity contribution < 1.29 is 14.7 Å². The topological polar surface area (TPSA) is 95.1 Å². The second-order valence-corrected chi connectivity index (χ2v) is 4.47. The van der Waals surface area contributed by atoms with Crippen molar-refractivity contribution in [3.8, 4) is 0 Å². The summed E-state index contributed by atoms with van der Waals surface area (Å²) in [7, 11) is 0. The van der Waals surface area contributed by atoms with Crippen LogP contribution in [0.2, 0.25) is 0 Å². The number of imidazole rings is 1. The summed E-state index contributed by atoms with van der Waals surface area (Å²) in [4.78, 5) is 29.9. The number of carbonyl (C=O) groups is 2. The number of benzene rings is 2. The van der Waals surface area contributed by atoms with Crippen LogP contribution >= 0.6 is 0 Å². The van der Waals surface area contributed by atoms with Gasteiger partial charge in [-0.15, -0.1) is 0 Å². The lowest BCUT2D eigenvalue weighted by atomic mass is 10.1. The zero-order valence-electron chi connectivity index (χ0n) is 10.8. The molecule has 6 nitrogen and oxygen atoms in total. The summed E-state index contributed by atoms with van der Waals surface area (Å²) in [5.41, 5.74) is 2.77. The molecule has 104 valence electrons. The molecule has 0 saturated carbocycles. The van der Waals surface area contributed by atoms with Gasteiger partial charge in [0.2, 0.25) is 0 Å². The molecule has 3 N–H and O–H groups in total. The molecule has 0 bridgehead atoms. The van der Waals surface area contributed by atoms with E-state index in [9.17, 15) is 9.59 Å². The van der Waals surface area contributed by atoms with E-state index < -0.39 is 5.97 Å². The van der Waals surface area contributed by atoms with E-state index in [1.807, 2.05) is 0 Å². The van der Waals surface area contributed by atoms with Gasteiger partial charge in [0, 0.05) is 11.3 Å². The lowest BCUT2D eigenvalue weighted by Gasteiger charge is -2.05. The summed E-state index contributed by atoms with van der Waals surface area (Å²) in [5, 5.41) is 11.5. The van der Waals surface area contributed by atoms with Crippen LogP contribution in [0.1, 0.15) is 20.7 Å². The SMILES string of the molecule is O=C(O)c1ccc(NC(=O)c2ccc3nc[nH]c3c2)cc1. The molecule has 3 aromatic rings. The minimum absolute atomic E-state index is 0.173. The number of nitrogens with one attached hydrogen (secondary N) is 2. The van der Waals surface area contributed by atoms with E-state index in [1.54, 1.807) is 36.7 Å². The highest BCUT2D eigenvalue weighted by atomic mass is 16.4. The zero-order chi connectivity index (χ0) is 14.8. The Bertz CT molecular complexity index is 822. The predicted octanol–water partition coefficient (Wildman–Crippen LogP) is 2.51. The number of carbonyl (C=O) groups excluding carboxylic acids is 1. The quantitative estimate of drug-likeness (QED) is 0.687. The zero-order valence-corrected chi connectivity index (χ0v) is 10.8. The first-order chi connectivity index (χ1) is 10.1. The number of fused-ring (bicyclic) bond motifs is 1. The molecular formula is C15H11N3O3. The normalized spacial score (nSPS) is 10.5. The predicted molar refractivity (Wildman–Crippen MR) is 77.4 cm³/mol. The smallest absolute Gasteiger partial charge is 0.335 e. The fourth-order valence-corrected chi connectivity index (χ4v) is 1.98. The average molecular weight is 281 g/mol. The van der Waals surface area contributed by atoms with Crippen molar-refractivity contribution in [3.63, 3.8) is 0 Å². The standard InChI is InChI=1S/C15H11N3O3/c19-14(10-3-6-12-13(7-10)17-8-16-12)18-11-4-1-9(2-5-11)15(20)21/h1-8H,(H,16,17)(H,18,19)(H,20,21). The summed E-state index contributed by atoms with van der Waals surface area (Å²) >= 11 is 0. The van der Waals surface area contributed by atoms with Crippen molar-refractivity contribution in [3.05, 3.63) is 59.9 Å². The number of amides is 1. The number of carboxylic acid groups (broad SMARTS) is 1. The van der Waals surface area contributed by atoms with Crippen molar-refractivity contribution in [2.75, 3.05) is 5.32 Å². The Morgan fingerprint density at radius 2 is 1.76 bits per heavy atom. The van der Waals surface area contributed by atoms with E-state index in [0.717, 1.165) is 11.0 Å². The number of aromatic amines is 1. The van der Waals surface area contributed by atoms with Crippen LogP contribution in [0.15, 0.2) is 48.8 Å². The van der Waals surface area contributed by atoms with Crippen molar-refractivity contribution >= 4 is 28.6 Å². The van der Waals surface area contributed by atoms with Gasteiger partial charge in [-0.2, -0.15) is 0 Å². The van der Waals surface area contributed by atoms with E-state index in [-0.39, 0.29) is 11.5 Å². The van der Waals surface area contributed by atoms with E-state index in [4.69, 9.17) is 5.11 Å². The third-order valence-corrected chi connectivity index (χ3v) is 3.07. The molecule has 0 spiro atoms. The number of nitrogens with zero attached hydrogens (tertiary/aromatic N) is 1. The molecule has 0 aliphatic rings. The van der Waals surface area contributed by atoms with Crippen LogP contribution in [0.5, 0.6) is 0 Å². The van der Waals surface area contributed by atoms with Gasteiger partial charge in [-0.25, -0.2) is 9.78 Å². The van der Waals surface area contributed by atoms with Crippen LogP contribution in [0, 0.1) is 0 Å². The number of carboxylic acids is 1. The van der Waals surface area contributed by atoms with Gasteiger partial charge < -0.3 is 15.4 Å². The second kappa shape index (κ2) is 5.09. The number of hydrogen-bond acceptors (Lipinski definition) is 3. The van der Waals surface area contributed by atoms with Crippen LogP contribution in [0.3, 0.4) is 0 Å². The van der Waals surface area contributed by atoms with Crippen LogP contribution in [0.25, 0.3) is 11.0 Å². The number of aromatic carboxylic acids is 1. The molecule has 0 aliphatic heterocycles. The highest BCUT2D eigenvalue weighted by molar-refractivity contribution is 6.06. The monoisotopic (exact) mass is 281 g/mol. The molecule has 1 amide bonds. The summed E-state index contributed by atoms with van der Waals surface area (Å²) in [6.07, 6.45) is 1.57. The first-order valence-corrected chi connectivity index (χ1v) is 6.21. The van der Waals surface area contributed by atoms with Crippen LogP contribution in [0.4, 0.5) is 5.69 Å². The second-order valence-electron chi connectivity index (χ2n) is 4.47. The Labute approximate surface area is 119 Å². The maximum atomic E-state index is 12.1. The highest BCUT2D eigenvalue weighted by Crippen LogP contribution is 2.15. The Kier molecular flexibility index (Phi) is 3.12. The van der Waals surface area contributed by atoms with Crippen LogP contribution in [-0.2, 0) is 0 Å². The molecule has 0 radical (unpaired) electrons. The molecule has 1 aromatic heterocycles. The van der Waals surface area contributed by atoms with Crippen molar-refractivity contribution in [2.24, 2.45) is 0 Å². The van der Waals surface area contributed by atoms with Crippen molar-refractivity contribution in [2.45, 2.75) is 0 Å². The van der Waals surface area contributed by atoms with Gasteiger partial charge in [0.1, 0.15) is 0 Å². The Hall–Kier alpha value is -3.15. The minimum Gasteiger partial charge on any atom is -0.478 e. The minimum atomic E-state index is -1.00. The van der Waals surface area contributed by atoms with Gasteiger partial charge in [-0.05, 0) is 42.5 Å². The van der Waals surface area contributed by atoms with Crippen LogP contribution < -0.4 is 5.32 Å². The van der Waals surface area contributed by atoms with E-state index >= 15 is 0 Å². The Morgan fingerprint density at radius 1 is 1.05 bits per heavy atom. The summed E-state index contributed by atoms with van der Waals surface area (Å²) in [6.45, 7) is 0. The van der Waals surface area contributed by atoms with Gasteiger partial charge in [0.25, 0.3) is 5.91 Å². The molecule has 0 fully saturated rings. The lowest BCUT2D eigenvalue weighted by Crippen LogP contribution is -2.11. The summed E-state index contributed by atoms with van der Waals surface area (Å²) < 4.78 is 0. The van der Waals surface area contributed by atoms with E-state index in [2.05, 4.69) is 15.3 Å². The van der Waals surface area contributed by atoms with Crippen LogP contribution in [-0.4, -0.2) is 27.0 Å². The fourth-order valence-electron chi connectivity index (χ4n) is 1.98. The largest absolute Gasteiger partial charge is 0.478 e. The Morgan fingerprint density at radius 3 is 2.48 bits per heavy atom. The maximum Gasteiger partial charge on any atom is 0.335 e. The Balaban J connectivity index is 1.80. The number of aromatic nitrogens is 2. The molecule has 3 rings (SSSR count). The highest BCUT2D eigenvalue weighted by Gasteiger charge is 2.08. The molecule has 1 heterocycles. The van der Waals surface area contributed by atoms with Gasteiger partial charge in [-0.3, -0.25) is 4.79 Å². The molecule has 0 unspecified atom stereocenters. The van der Waals surface area contributed by atoms with Gasteiger partial charge >= 0.3 is 5.97 Å². The van der Waals surface area contributed by atoms with Gasteiger partial charge in [0.15, 0.2) is 0 Å². The van der Waals surface area contributed by atoms with Gasteiger partial charge in [-0.1, -0.05) is 0 Å². The van der Waals surface area contributed by atoms with Crippen molar-refractivity contribution in [1.29, 1.82) is 0 Å². The fraction of sp³-hybridized carbons (Fsp3) is 0. The first kappa shape index (κ1) is 12.9. The number of anilines is 1. The summed E-state index contributed by atoms with van der Waals surface area (Å²) in [6, 6.07) is 11.1. The molecule has 0 aliphatic carbocycles. The molecule has 6 heteroatoms. The average Bonchev–Trinajstić information content (AvgIpc) is 2.95. The number of hydrogen-bond donors (Lipinski definition) is 3. The maximum absolute atomic E-state index is 12.1. The molecular weight excluding hydrogens is 270 g/mol. The van der Waals surface area contributed by atoms with Crippen molar-refractivity contribution in [1.82, 2.24) is 9.97 Å². The molecule has 0 saturated heterocycles. The third-order valence-electron chi connectivity index (χ3n) is 3.07. The molecule has 21 heavy (non-hydrogen) atoms. The summed E-state index contributed by atoms with van der Waals surface area (Å²) in [5.74, 6) is -1.27.